The number of anilines is 1. The highest BCUT2D eigenvalue weighted by atomic mass is 32.2. The molecule has 0 unspecified atom stereocenters. The largest absolute Gasteiger partial charge is 0.491 e. The molecule has 1 amide bonds. The van der Waals surface area contributed by atoms with Crippen molar-refractivity contribution in [1.82, 2.24) is 5.32 Å². The number of amides is 1. The van der Waals surface area contributed by atoms with Gasteiger partial charge in [0, 0.05) is 6.54 Å². The Morgan fingerprint density at radius 3 is 2.52 bits per heavy atom. The molecule has 2 aromatic carbocycles. The summed E-state index contributed by atoms with van der Waals surface area (Å²) in [5.41, 5.74) is 2.56. The minimum absolute atomic E-state index is 0.121. The smallest absolute Gasteiger partial charge is 0.240 e. The average molecular weight is 419 g/mol. The van der Waals surface area contributed by atoms with E-state index in [2.05, 4.69) is 5.32 Å². The topological polar surface area (TPSA) is 75.7 Å². The Balaban J connectivity index is 1.87. The van der Waals surface area contributed by atoms with Crippen LogP contribution >= 0.6 is 0 Å². The summed E-state index contributed by atoms with van der Waals surface area (Å²) in [6, 6.07) is 15.0. The van der Waals surface area contributed by atoms with Gasteiger partial charge in [-0.3, -0.25) is 9.10 Å². The highest BCUT2D eigenvalue weighted by Gasteiger charge is 2.20. The second kappa shape index (κ2) is 10.3. The first-order valence-corrected chi connectivity index (χ1v) is 11.6. The number of carbonyl (C=O) groups excluding carboxylic acids is 1. The van der Waals surface area contributed by atoms with Gasteiger partial charge in [0.15, 0.2) is 0 Å². The van der Waals surface area contributed by atoms with Gasteiger partial charge in [0.05, 0.1) is 18.0 Å². The summed E-state index contributed by atoms with van der Waals surface area (Å²) in [4.78, 5) is 12.3. The van der Waals surface area contributed by atoms with Crippen molar-refractivity contribution in [3.63, 3.8) is 0 Å². The van der Waals surface area contributed by atoms with Crippen LogP contribution in [-0.4, -0.2) is 39.8 Å². The van der Waals surface area contributed by atoms with Crippen LogP contribution < -0.4 is 14.4 Å². The van der Waals surface area contributed by atoms with Crippen molar-refractivity contribution in [2.24, 2.45) is 0 Å². The maximum absolute atomic E-state index is 12.3. The lowest BCUT2D eigenvalue weighted by Crippen LogP contribution is -2.40. The standard InChI is InChI=1S/C22H30N2O4S/c1-17(2)28-21-12-6-9-19(15-21)10-7-13-23-22(25)16-24(29(4,26)27)20-11-5-8-18(3)14-20/h5-6,8-9,11-12,14-15,17H,7,10,13,16H2,1-4H3,(H,23,25). The fourth-order valence-corrected chi connectivity index (χ4v) is 3.78. The van der Waals surface area contributed by atoms with E-state index in [1.807, 2.05) is 51.1 Å². The molecule has 0 aromatic heterocycles. The van der Waals surface area contributed by atoms with E-state index in [1.165, 1.54) is 0 Å². The Morgan fingerprint density at radius 1 is 1.14 bits per heavy atom. The lowest BCUT2D eigenvalue weighted by molar-refractivity contribution is -0.119. The third-order valence-corrected chi connectivity index (χ3v) is 5.35. The minimum atomic E-state index is -3.56. The van der Waals surface area contributed by atoms with Crippen LogP contribution in [0.3, 0.4) is 0 Å². The Morgan fingerprint density at radius 2 is 1.86 bits per heavy atom. The number of benzene rings is 2. The number of sulfonamides is 1. The molecule has 6 nitrogen and oxygen atoms in total. The second-order valence-electron chi connectivity index (χ2n) is 7.38. The number of ether oxygens (including phenoxy) is 1. The summed E-state index contributed by atoms with van der Waals surface area (Å²) >= 11 is 0. The van der Waals surface area contributed by atoms with Crippen LogP contribution in [0.25, 0.3) is 0 Å². The lowest BCUT2D eigenvalue weighted by atomic mass is 10.1. The summed E-state index contributed by atoms with van der Waals surface area (Å²) in [5.74, 6) is 0.511. The van der Waals surface area contributed by atoms with Crippen molar-refractivity contribution in [1.29, 1.82) is 0 Å². The quantitative estimate of drug-likeness (QED) is 0.601. The molecule has 0 saturated heterocycles. The summed E-state index contributed by atoms with van der Waals surface area (Å²) < 4.78 is 31.1. The second-order valence-corrected chi connectivity index (χ2v) is 9.28. The van der Waals surface area contributed by atoms with Gasteiger partial charge in [-0.15, -0.1) is 0 Å². The molecule has 0 aliphatic rings. The van der Waals surface area contributed by atoms with E-state index in [9.17, 15) is 13.2 Å². The van der Waals surface area contributed by atoms with Crippen LogP contribution in [-0.2, 0) is 21.2 Å². The van der Waals surface area contributed by atoms with Gasteiger partial charge in [0.1, 0.15) is 12.3 Å². The van der Waals surface area contributed by atoms with Crippen LogP contribution in [0.4, 0.5) is 5.69 Å². The number of hydrogen-bond donors (Lipinski definition) is 1. The molecule has 0 aliphatic heterocycles. The monoisotopic (exact) mass is 418 g/mol. The van der Waals surface area contributed by atoms with Crippen molar-refractivity contribution in [2.45, 2.75) is 39.7 Å². The number of hydrogen-bond acceptors (Lipinski definition) is 4. The molecule has 0 radical (unpaired) electrons. The molecule has 7 heteroatoms. The maximum atomic E-state index is 12.3. The molecule has 0 spiro atoms. The van der Waals surface area contributed by atoms with Crippen LogP contribution in [0.1, 0.15) is 31.4 Å². The van der Waals surface area contributed by atoms with E-state index in [0.717, 1.165) is 40.3 Å². The fraction of sp³-hybridized carbons (Fsp3) is 0.409. The number of nitrogens with one attached hydrogen (secondary N) is 1. The average Bonchev–Trinajstić information content (AvgIpc) is 2.62. The van der Waals surface area contributed by atoms with Crippen molar-refractivity contribution in [3.8, 4) is 5.75 Å². The number of rotatable bonds is 10. The van der Waals surface area contributed by atoms with Gasteiger partial charge < -0.3 is 10.1 Å². The van der Waals surface area contributed by atoms with E-state index < -0.39 is 10.0 Å². The predicted octanol–water partition coefficient (Wildman–Crippen LogP) is 3.30. The number of nitrogens with zero attached hydrogens (tertiary/aromatic N) is 1. The van der Waals surface area contributed by atoms with Gasteiger partial charge >= 0.3 is 0 Å². The molecule has 1 N–H and O–H groups in total. The van der Waals surface area contributed by atoms with Crippen molar-refractivity contribution < 1.29 is 17.9 Å². The van der Waals surface area contributed by atoms with Gasteiger partial charge in [0.25, 0.3) is 0 Å². The Bertz CT molecular complexity index is 926. The summed E-state index contributed by atoms with van der Waals surface area (Å²) in [7, 11) is -3.56. The third kappa shape index (κ3) is 7.77. The number of aryl methyl sites for hydroxylation is 2. The van der Waals surface area contributed by atoms with Gasteiger partial charge in [-0.05, 0) is 69.0 Å². The van der Waals surface area contributed by atoms with Gasteiger partial charge in [0.2, 0.25) is 15.9 Å². The highest BCUT2D eigenvalue weighted by molar-refractivity contribution is 7.92. The molecule has 29 heavy (non-hydrogen) atoms. The van der Waals surface area contributed by atoms with E-state index in [4.69, 9.17) is 4.74 Å². The first kappa shape index (κ1) is 22.7. The summed E-state index contributed by atoms with van der Waals surface area (Å²) in [6.07, 6.45) is 2.77. The zero-order chi connectivity index (χ0) is 21.4. The third-order valence-electron chi connectivity index (χ3n) is 4.21. The molecule has 2 rings (SSSR count). The Labute approximate surface area is 173 Å². The van der Waals surface area contributed by atoms with Crippen LogP contribution in [0, 0.1) is 6.92 Å². The molecular formula is C22H30N2O4S. The van der Waals surface area contributed by atoms with Crippen LogP contribution in [0.5, 0.6) is 5.75 Å². The minimum Gasteiger partial charge on any atom is -0.491 e. The molecule has 2 aromatic rings. The molecule has 0 bridgehead atoms. The number of carbonyl (C=O) groups is 1. The van der Waals surface area contributed by atoms with Crippen LogP contribution in [0.2, 0.25) is 0 Å². The van der Waals surface area contributed by atoms with Crippen molar-refractivity contribution in [2.75, 3.05) is 23.7 Å². The maximum Gasteiger partial charge on any atom is 0.240 e. The summed E-state index contributed by atoms with van der Waals surface area (Å²) in [6.45, 7) is 6.09. The zero-order valence-corrected chi connectivity index (χ0v) is 18.3. The Hall–Kier alpha value is -2.54. The van der Waals surface area contributed by atoms with E-state index in [0.29, 0.717) is 12.2 Å². The SMILES string of the molecule is Cc1cccc(N(CC(=O)NCCCc2cccc(OC(C)C)c2)S(C)(=O)=O)c1. The first-order chi connectivity index (χ1) is 13.6. The van der Waals surface area contributed by atoms with Crippen LogP contribution in [0.15, 0.2) is 48.5 Å². The highest BCUT2D eigenvalue weighted by Crippen LogP contribution is 2.19. The van der Waals surface area contributed by atoms with E-state index in [-0.39, 0.29) is 18.6 Å². The molecule has 0 aliphatic carbocycles. The van der Waals surface area contributed by atoms with E-state index in [1.54, 1.807) is 18.2 Å². The van der Waals surface area contributed by atoms with Gasteiger partial charge in [-0.1, -0.05) is 24.3 Å². The van der Waals surface area contributed by atoms with Crippen molar-refractivity contribution in [3.05, 3.63) is 59.7 Å². The fourth-order valence-electron chi connectivity index (χ4n) is 2.94. The Kier molecular flexibility index (Phi) is 8.08. The van der Waals surface area contributed by atoms with Gasteiger partial charge in [-0.2, -0.15) is 0 Å². The van der Waals surface area contributed by atoms with E-state index >= 15 is 0 Å². The summed E-state index contributed by atoms with van der Waals surface area (Å²) in [5, 5.41) is 2.81. The normalized spacial score (nSPS) is 11.3. The van der Waals surface area contributed by atoms with Gasteiger partial charge in [-0.25, -0.2) is 8.42 Å². The van der Waals surface area contributed by atoms with Crippen molar-refractivity contribution >= 4 is 21.6 Å². The zero-order valence-electron chi connectivity index (χ0n) is 17.5. The molecule has 0 saturated carbocycles. The predicted molar refractivity (Wildman–Crippen MR) is 117 cm³/mol. The molecular weight excluding hydrogens is 388 g/mol. The molecule has 158 valence electrons. The molecule has 0 fully saturated rings. The molecule has 0 atom stereocenters. The first-order valence-electron chi connectivity index (χ1n) is 9.72. The lowest BCUT2D eigenvalue weighted by Gasteiger charge is -2.22. The molecule has 0 heterocycles.